The van der Waals surface area contributed by atoms with Gasteiger partial charge in [-0.05, 0) is 47.7 Å². The van der Waals surface area contributed by atoms with Gasteiger partial charge in [0, 0.05) is 21.4 Å². The smallest absolute Gasteiger partial charge is 0.237 e. The Kier molecular flexibility index (Phi) is 4.11. The molecular formula is C15H10F3IN2O2S. The molecule has 0 aliphatic carbocycles. The quantitative estimate of drug-likeness (QED) is 0.532. The average molecular weight is 466 g/mol. The predicted molar refractivity (Wildman–Crippen MR) is 91.2 cm³/mol. The molecule has 0 N–H and O–H groups in total. The summed E-state index contributed by atoms with van der Waals surface area (Å²) in [5.74, 6) is 0. The Morgan fingerprint density at radius 2 is 1.79 bits per heavy atom. The molecule has 0 saturated carbocycles. The van der Waals surface area contributed by atoms with Crippen molar-refractivity contribution in [3.63, 3.8) is 0 Å². The number of hydrogen-bond donors (Lipinski definition) is 0. The van der Waals surface area contributed by atoms with Gasteiger partial charge in [0.15, 0.2) is 5.65 Å². The zero-order valence-corrected chi connectivity index (χ0v) is 15.1. The first-order valence-electron chi connectivity index (χ1n) is 6.67. The van der Waals surface area contributed by atoms with Crippen LogP contribution in [0.3, 0.4) is 0 Å². The molecule has 1 aromatic carbocycles. The molecule has 2 heterocycles. The SMILES string of the molecule is Cc1ccc(S(=O)(=O)n2cc(I)c3cc(C(F)(F)F)cnc32)cc1. The Morgan fingerprint density at radius 3 is 2.38 bits per heavy atom. The lowest BCUT2D eigenvalue weighted by atomic mass is 10.2. The maximum absolute atomic E-state index is 12.8. The van der Waals surface area contributed by atoms with Gasteiger partial charge in [0.1, 0.15) is 0 Å². The Balaban J connectivity index is 2.22. The number of aromatic nitrogens is 2. The number of benzene rings is 1. The van der Waals surface area contributed by atoms with Crippen LogP contribution in [0.4, 0.5) is 13.2 Å². The van der Waals surface area contributed by atoms with Gasteiger partial charge in [-0.15, -0.1) is 0 Å². The summed E-state index contributed by atoms with van der Waals surface area (Å²) in [6, 6.07) is 7.11. The van der Waals surface area contributed by atoms with E-state index in [4.69, 9.17) is 0 Å². The number of hydrogen-bond acceptors (Lipinski definition) is 3. The fourth-order valence-electron chi connectivity index (χ4n) is 2.20. The molecule has 0 aliphatic heterocycles. The van der Waals surface area contributed by atoms with E-state index in [-0.39, 0.29) is 15.9 Å². The van der Waals surface area contributed by atoms with Crippen LogP contribution in [-0.2, 0) is 16.2 Å². The molecule has 3 rings (SSSR count). The molecule has 9 heteroatoms. The van der Waals surface area contributed by atoms with Gasteiger partial charge < -0.3 is 0 Å². The molecule has 126 valence electrons. The number of fused-ring (bicyclic) bond motifs is 1. The molecule has 0 spiro atoms. The van der Waals surface area contributed by atoms with E-state index in [1.807, 2.05) is 6.92 Å². The molecule has 0 atom stereocenters. The van der Waals surface area contributed by atoms with Crippen molar-refractivity contribution < 1.29 is 21.6 Å². The summed E-state index contributed by atoms with van der Waals surface area (Å²) in [4.78, 5) is 3.78. The van der Waals surface area contributed by atoms with Crippen LogP contribution in [0.2, 0.25) is 0 Å². The highest BCUT2D eigenvalue weighted by atomic mass is 127. The van der Waals surface area contributed by atoms with E-state index >= 15 is 0 Å². The van der Waals surface area contributed by atoms with E-state index in [1.165, 1.54) is 18.3 Å². The summed E-state index contributed by atoms with van der Waals surface area (Å²) in [6.07, 6.45) is -2.63. The van der Waals surface area contributed by atoms with Crippen molar-refractivity contribution in [3.8, 4) is 0 Å². The first kappa shape index (κ1) is 17.2. The van der Waals surface area contributed by atoms with Crippen LogP contribution in [-0.4, -0.2) is 17.4 Å². The molecule has 0 unspecified atom stereocenters. The van der Waals surface area contributed by atoms with Crippen molar-refractivity contribution in [1.82, 2.24) is 8.96 Å². The number of halogens is 4. The second-order valence-electron chi connectivity index (χ2n) is 5.18. The third-order valence-corrected chi connectivity index (χ3v) is 5.99. The lowest BCUT2D eigenvalue weighted by molar-refractivity contribution is -0.137. The number of pyridine rings is 1. The van der Waals surface area contributed by atoms with Gasteiger partial charge >= 0.3 is 6.18 Å². The van der Waals surface area contributed by atoms with E-state index in [0.717, 1.165) is 15.6 Å². The van der Waals surface area contributed by atoms with E-state index in [1.54, 1.807) is 34.7 Å². The Morgan fingerprint density at radius 1 is 1.17 bits per heavy atom. The summed E-state index contributed by atoms with van der Waals surface area (Å²) >= 11 is 1.80. The summed E-state index contributed by atoms with van der Waals surface area (Å²) in [5.41, 5.74) is -0.0554. The van der Waals surface area contributed by atoms with Crippen molar-refractivity contribution in [3.05, 3.63) is 57.4 Å². The van der Waals surface area contributed by atoms with Crippen molar-refractivity contribution in [1.29, 1.82) is 0 Å². The normalized spacial score (nSPS) is 12.7. The minimum atomic E-state index is -4.54. The van der Waals surface area contributed by atoms with Gasteiger partial charge in [-0.3, -0.25) is 0 Å². The molecule has 0 fully saturated rings. The van der Waals surface area contributed by atoms with E-state index in [2.05, 4.69) is 4.98 Å². The summed E-state index contributed by atoms with van der Waals surface area (Å²) in [6.45, 7) is 1.82. The minimum absolute atomic E-state index is 0.0343. The Labute approximate surface area is 149 Å². The third-order valence-electron chi connectivity index (χ3n) is 3.47. The van der Waals surface area contributed by atoms with Crippen LogP contribution in [0.1, 0.15) is 11.1 Å². The molecule has 2 aromatic heterocycles. The lowest BCUT2D eigenvalue weighted by Gasteiger charge is -2.09. The fourth-order valence-corrected chi connectivity index (χ4v) is 4.39. The molecular weight excluding hydrogens is 456 g/mol. The van der Waals surface area contributed by atoms with Crippen molar-refractivity contribution in [2.45, 2.75) is 18.0 Å². The van der Waals surface area contributed by atoms with Crippen LogP contribution in [0.15, 0.2) is 47.6 Å². The van der Waals surface area contributed by atoms with E-state index < -0.39 is 21.8 Å². The van der Waals surface area contributed by atoms with Crippen molar-refractivity contribution in [2.75, 3.05) is 0 Å². The maximum atomic E-state index is 12.8. The number of rotatable bonds is 2. The zero-order chi connectivity index (χ0) is 17.7. The van der Waals surface area contributed by atoms with Crippen LogP contribution >= 0.6 is 22.6 Å². The minimum Gasteiger partial charge on any atom is -0.237 e. The van der Waals surface area contributed by atoms with Gasteiger partial charge in [0.05, 0.1) is 10.5 Å². The largest absolute Gasteiger partial charge is 0.417 e. The van der Waals surface area contributed by atoms with Crippen LogP contribution in [0, 0.1) is 10.5 Å². The van der Waals surface area contributed by atoms with Crippen LogP contribution in [0.5, 0.6) is 0 Å². The Bertz CT molecular complexity index is 1030. The summed E-state index contributed by atoms with van der Waals surface area (Å²) in [5, 5.41) is 0.140. The molecule has 3 aromatic rings. The van der Waals surface area contributed by atoms with Gasteiger partial charge in [0.25, 0.3) is 10.0 Å². The third kappa shape index (κ3) is 2.90. The van der Waals surface area contributed by atoms with Gasteiger partial charge in [-0.25, -0.2) is 17.4 Å². The second kappa shape index (κ2) is 5.73. The highest BCUT2D eigenvalue weighted by Crippen LogP contribution is 2.33. The monoisotopic (exact) mass is 466 g/mol. The van der Waals surface area contributed by atoms with Crippen LogP contribution < -0.4 is 0 Å². The van der Waals surface area contributed by atoms with Crippen molar-refractivity contribution >= 4 is 43.6 Å². The van der Waals surface area contributed by atoms with Gasteiger partial charge in [-0.1, -0.05) is 17.7 Å². The Hall–Kier alpha value is -1.62. The number of nitrogens with zero attached hydrogens (tertiary/aromatic N) is 2. The number of aryl methyl sites for hydroxylation is 1. The maximum Gasteiger partial charge on any atom is 0.417 e. The standard InChI is InChI=1S/C15H10F3IN2O2S/c1-9-2-4-11(5-3-9)24(22,23)21-8-13(19)12-6-10(15(16,17)18)7-20-14(12)21/h2-8H,1H3. The van der Waals surface area contributed by atoms with E-state index in [9.17, 15) is 21.6 Å². The molecule has 0 bridgehead atoms. The first-order valence-corrected chi connectivity index (χ1v) is 9.18. The molecule has 24 heavy (non-hydrogen) atoms. The zero-order valence-electron chi connectivity index (χ0n) is 12.2. The molecule has 0 radical (unpaired) electrons. The number of alkyl halides is 3. The fraction of sp³-hybridized carbons (Fsp3) is 0.133. The van der Waals surface area contributed by atoms with E-state index in [0.29, 0.717) is 9.77 Å². The first-order chi connectivity index (χ1) is 11.1. The molecule has 0 saturated heterocycles. The lowest BCUT2D eigenvalue weighted by Crippen LogP contribution is -2.13. The topological polar surface area (TPSA) is 52.0 Å². The van der Waals surface area contributed by atoms with Crippen molar-refractivity contribution in [2.24, 2.45) is 0 Å². The highest BCUT2D eigenvalue weighted by Gasteiger charge is 2.32. The summed E-state index contributed by atoms with van der Waals surface area (Å²) < 4.78 is 65.3. The highest BCUT2D eigenvalue weighted by molar-refractivity contribution is 14.1. The molecule has 0 aliphatic rings. The van der Waals surface area contributed by atoms with Crippen LogP contribution in [0.25, 0.3) is 11.0 Å². The van der Waals surface area contributed by atoms with Gasteiger partial charge in [-0.2, -0.15) is 13.2 Å². The van der Waals surface area contributed by atoms with Gasteiger partial charge in [0.2, 0.25) is 0 Å². The average Bonchev–Trinajstić information content (AvgIpc) is 2.84. The molecule has 0 amide bonds. The molecule has 4 nitrogen and oxygen atoms in total. The summed E-state index contributed by atoms with van der Waals surface area (Å²) in [7, 11) is -3.94. The second-order valence-corrected chi connectivity index (χ2v) is 8.16. The predicted octanol–water partition coefficient (Wildman–Crippen LogP) is 4.21.